The summed E-state index contributed by atoms with van der Waals surface area (Å²) in [5.74, 6) is -0.287. The van der Waals surface area contributed by atoms with Gasteiger partial charge in [-0.1, -0.05) is 32.1 Å². The van der Waals surface area contributed by atoms with Crippen LogP contribution in [0.2, 0.25) is 0 Å². The van der Waals surface area contributed by atoms with Gasteiger partial charge >= 0.3 is 6.09 Å². The molecule has 0 bridgehead atoms. The number of cyclic esters (lactones) is 1. The van der Waals surface area contributed by atoms with Crippen molar-refractivity contribution in [3.8, 4) is 17.2 Å². The van der Waals surface area contributed by atoms with E-state index in [1.807, 2.05) is 26.0 Å². The van der Waals surface area contributed by atoms with Crippen LogP contribution in [0.25, 0.3) is 0 Å². The fourth-order valence-electron chi connectivity index (χ4n) is 6.65. The topological polar surface area (TPSA) is 138 Å². The Labute approximate surface area is 289 Å². The smallest absolute Gasteiger partial charge is 0.414 e. The molecule has 3 aromatic rings. The molecular formula is C37H40FN3O9. The Morgan fingerprint density at radius 2 is 1.68 bits per heavy atom. The number of aliphatic hydroxyl groups is 2. The third-order valence-electron chi connectivity index (χ3n) is 9.23. The summed E-state index contributed by atoms with van der Waals surface area (Å²) in [6.45, 7) is 3.64. The van der Waals surface area contributed by atoms with Crippen LogP contribution < -0.4 is 19.1 Å². The lowest BCUT2D eigenvalue weighted by Gasteiger charge is -2.43. The predicted molar refractivity (Wildman–Crippen MR) is 179 cm³/mol. The molecule has 0 saturated heterocycles. The zero-order valence-corrected chi connectivity index (χ0v) is 28.0. The lowest BCUT2D eigenvalue weighted by molar-refractivity contribution is -0.138. The molecule has 2 N–H and O–H groups in total. The minimum absolute atomic E-state index is 0.00226. The van der Waals surface area contributed by atoms with Gasteiger partial charge in [-0.15, -0.1) is 0 Å². The largest absolute Gasteiger partial charge is 0.497 e. The summed E-state index contributed by atoms with van der Waals surface area (Å²) < 4.78 is 35.8. The molecule has 0 unspecified atom stereocenters. The van der Waals surface area contributed by atoms with Crippen molar-refractivity contribution in [1.82, 2.24) is 9.80 Å². The van der Waals surface area contributed by atoms with Gasteiger partial charge in [0.25, 0.3) is 5.91 Å². The van der Waals surface area contributed by atoms with Gasteiger partial charge in [0.05, 0.1) is 18.8 Å². The zero-order valence-electron chi connectivity index (χ0n) is 28.0. The minimum atomic E-state index is -1.45. The zero-order chi connectivity index (χ0) is 35.5. The standard InChI is InChI=1S/C37H40FN3O9/c1-22(2)32-36(45)39(20-23-6-12-26(47-3)13-7-23)16-14-28-34(43)33(42)27-18-30-31(50-21-49-30)19-29(27)41(28)37(46)48-17-5-4-15-40(32)35(44)24-8-10-25(38)11-9-24/h4-13,18-19,22,28,32-34,42-43H,14-17,20-21H2,1-3H3/b5-4+/t28-,32-,33-,34-/m0/s1. The third kappa shape index (κ3) is 6.96. The number of fused-ring (bicyclic) bond motifs is 4. The molecule has 0 aromatic heterocycles. The van der Waals surface area contributed by atoms with E-state index in [-0.39, 0.29) is 62.4 Å². The molecule has 13 heteroatoms. The highest BCUT2D eigenvalue weighted by molar-refractivity contribution is 5.98. The summed E-state index contributed by atoms with van der Waals surface area (Å²) >= 11 is 0. The van der Waals surface area contributed by atoms with E-state index in [1.54, 1.807) is 48.4 Å². The number of benzene rings is 3. The maximum Gasteiger partial charge on any atom is 0.414 e. The van der Waals surface area contributed by atoms with Crippen molar-refractivity contribution < 1.29 is 47.9 Å². The Kier molecular flexibility index (Phi) is 10.3. The molecule has 264 valence electrons. The number of carbonyl (C=O) groups is 3. The summed E-state index contributed by atoms with van der Waals surface area (Å²) in [7, 11) is 1.56. The number of halogens is 1. The van der Waals surface area contributed by atoms with Crippen molar-refractivity contribution in [1.29, 1.82) is 0 Å². The normalized spacial score (nSPS) is 23.1. The van der Waals surface area contributed by atoms with Gasteiger partial charge in [0.2, 0.25) is 12.7 Å². The van der Waals surface area contributed by atoms with Crippen molar-refractivity contribution in [3.05, 3.63) is 95.3 Å². The second kappa shape index (κ2) is 14.8. The Balaban J connectivity index is 1.41. The lowest BCUT2D eigenvalue weighted by Crippen LogP contribution is -2.56. The first-order valence-electron chi connectivity index (χ1n) is 16.5. The average molecular weight is 690 g/mol. The van der Waals surface area contributed by atoms with Crippen LogP contribution in [-0.4, -0.2) is 89.7 Å². The van der Waals surface area contributed by atoms with Crippen molar-refractivity contribution in [3.63, 3.8) is 0 Å². The maximum atomic E-state index is 14.8. The average Bonchev–Trinajstić information content (AvgIpc) is 3.57. The van der Waals surface area contributed by atoms with Crippen LogP contribution in [0.5, 0.6) is 17.2 Å². The Hall–Kier alpha value is -5.14. The van der Waals surface area contributed by atoms with Crippen molar-refractivity contribution in [2.24, 2.45) is 5.92 Å². The summed E-state index contributed by atoms with van der Waals surface area (Å²) in [5, 5.41) is 22.8. The minimum Gasteiger partial charge on any atom is -0.497 e. The number of ether oxygens (including phenoxy) is 4. The van der Waals surface area contributed by atoms with Gasteiger partial charge in [-0.3, -0.25) is 14.5 Å². The first-order chi connectivity index (χ1) is 24.1. The quantitative estimate of drug-likeness (QED) is 0.373. The highest BCUT2D eigenvalue weighted by atomic mass is 19.1. The molecule has 3 aromatic carbocycles. The Morgan fingerprint density at radius 3 is 2.36 bits per heavy atom. The van der Waals surface area contributed by atoms with E-state index < -0.39 is 42.1 Å². The van der Waals surface area contributed by atoms with Crippen LogP contribution in [0.3, 0.4) is 0 Å². The van der Waals surface area contributed by atoms with E-state index in [9.17, 15) is 29.0 Å². The van der Waals surface area contributed by atoms with Crippen LogP contribution in [0.15, 0.2) is 72.8 Å². The fourth-order valence-corrected chi connectivity index (χ4v) is 6.65. The second-order valence-electron chi connectivity index (χ2n) is 12.7. The SMILES string of the molecule is COc1ccc(CN2CC[C@H]3[C@H](O)[C@@H](O)c4cc5c(cc4N3C(=O)OC/C=C/CN(C(=O)c3ccc(F)cc3)[C@@H](C(C)C)C2=O)OCO5)cc1. The molecule has 3 aliphatic heterocycles. The summed E-state index contributed by atoms with van der Waals surface area (Å²) in [6.07, 6.45) is -0.379. The van der Waals surface area contributed by atoms with Crippen LogP contribution >= 0.6 is 0 Å². The van der Waals surface area contributed by atoms with E-state index in [2.05, 4.69) is 0 Å². The van der Waals surface area contributed by atoms with Gasteiger partial charge in [-0.25, -0.2) is 9.18 Å². The number of aliphatic hydroxyl groups excluding tert-OH is 2. The van der Waals surface area contributed by atoms with Crippen LogP contribution in [0, 0.1) is 11.7 Å². The number of carbonyl (C=O) groups excluding carboxylic acids is 3. The first-order valence-corrected chi connectivity index (χ1v) is 16.5. The number of anilines is 1. The highest BCUT2D eigenvalue weighted by Crippen LogP contribution is 2.46. The number of hydrogen-bond donors (Lipinski definition) is 2. The van der Waals surface area contributed by atoms with Crippen molar-refractivity contribution in [2.45, 2.75) is 51.1 Å². The molecule has 3 heterocycles. The number of hydrogen-bond acceptors (Lipinski definition) is 9. The molecule has 0 fully saturated rings. The second-order valence-corrected chi connectivity index (χ2v) is 12.7. The fraction of sp³-hybridized carbons (Fsp3) is 0.378. The van der Waals surface area contributed by atoms with Gasteiger partial charge in [-0.05, 0) is 66.4 Å². The first kappa shape index (κ1) is 34.7. The van der Waals surface area contributed by atoms with E-state index in [0.717, 1.165) is 5.56 Å². The molecular weight excluding hydrogens is 649 g/mol. The number of methoxy groups -OCH3 is 1. The van der Waals surface area contributed by atoms with E-state index >= 15 is 0 Å². The summed E-state index contributed by atoms with van der Waals surface area (Å²) in [6, 6.07) is 13.5. The summed E-state index contributed by atoms with van der Waals surface area (Å²) in [4.78, 5) is 46.8. The van der Waals surface area contributed by atoms with Crippen molar-refractivity contribution >= 4 is 23.6 Å². The van der Waals surface area contributed by atoms with E-state index in [0.29, 0.717) is 22.9 Å². The number of rotatable bonds is 5. The van der Waals surface area contributed by atoms with E-state index in [1.165, 1.54) is 34.1 Å². The van der Waals surface area contributed by atoms with Crippen LogP contribution in [0.1, 0.15) is 47.9 Å². The van der Waals surface area contributed by atoms with Crippen LogP contribution in [0.4, 0.5) is 14.9 Å². The molecule has 0 radical (unpaired) electrons. The monoisotopic (exact) mass is 689 g/mol. The number of amides is 3. The molecule has 12 nitrogen and oxygen atoms in total. The maximum absolute atomic E-state index is 14.8. The molecule has 0 saturated carbocycles. The predicted octanol–water partition coefficient (Wildman–Crippen LogP) is 4.44. The number of nitrogens with zero attached hydrogens (tertiary/aromatic N) is 3. The van der Waals surface area contributed by atoms with Gasteiger partial charge in [0, 0.05) is 36.8 Å². The van der Waals surface area contributed by atoms with Gasteiger partial charge in [-0.2, -0.15) is 0 Å². The summed E-state index contributed by atoms with van der Waals surface area (Å²) in [5.41, 5.74) is 1.55. The van der Waals surface area contributed by atoms with Gasteiger partial charge in [0.1, 0.15) is 36.4 Å². The Bertz CT molecular complexity index is 1750. The molecule has 50 heavy (non-hydrogen) atoms. The molecule has 3 aliphatic rings. The molecule has 0 aliphatic carbocycles. The van der Waals surface area contributed by atoms with Crippen LogP contribution in [-0.2, 0) is 16.1 Å². The third-order valence-corrected chi connectivity index (χ3v) is 9.23. The highest BCUT2D eigenvalue weighted by Gasteiger charge is 2.45. The molecule has 0 spiro atoms. The molecule has 6 rings (SSSR count). The molecule has 4 atom stereocenters. The molecule has 3 amide bonds. The van der Waals surface area contributed by atoms with E-state index in [4.69, 9.17) is 18.9 Å². The van der Waals surface area contributed by atoms with Gasteiger partial charge < -0.3 is 39.0 Å². The van der Waals surface area contributed by atoms with Crippen molar-refractivity contribution in [2.75, 3.05) is 38.5 Å². The Morgan fingerprint density at radius 1 is 0.980 bits per heavy atom. The lowest BCUT2D eigenvalue weighted by atomic mass is 9.88. The van der Waals surface area contributed by atoms with Gasteiger partial charge in [0.15, 0.2) is 11.5 Å².